The number of hydrazone groups is 1. The van der Waals surface area contributed by atoms with Gasteiger partial charge in [-0.2, -0.15) is 0 Å². The predicted octanol–water partition coefficient (Wildman–Crippen LogP) is -2.98. The van der Waals surface area contributed by atoms with Crippen LogP contribution in [0.25, 0.3) is 0 Å². The van der Waals surface area contributed by atoms with Crippen LogP contribution >= 0.6 is 31.4 Å². The number of rotatable bonds is 14. The van der Waals surface area contributed by atoms with Crippen molar-refractivity contribution < 1.29 is 77.9 Å². The maximum atomic E-state index is 13.0. The van der Waals surface area contributed by atoms with Crippen molar-refractivity contribution in [2.45, 2.75) is 25.9 Å². The summed E-state index contributed by atoms with van der Waals surface area (Å²) in [5.41, 5.74) is 3.81. The van der Waals surface area contributed by atoms with Crippen LogP contribution in [0, 0.1) is 7.14 Å². The molecule has 0 spiro atoms. The van der Waals surface area contributed by atoms with Crippen LogP contribution in [0.15, 0.2) is 71.8 Å². The van der Waals surface area contributed by atoms with E-state index < -0.39 is 25.4 Å². The number of carbonyl (C=O) groups is 2. The van der Waals surface area contributed by atoms with Gasteiger partial charge in [0.15, 0.2) is 5.78 Å². The van der Waals surface area contributed by atoms with E-state index in [1.54, 1.807) is 69.5 Å². The summed E-state index contributed by atoms with van der Waals surface area (Å²) in [4.78, 5) is 28.1. The molecular weight excluding hydrogens is 1000 g/mol. The summed E-state index contributed by atoms with van der Waals surface area (Å²) >= 11 is 5.68. The molecule has 0 aliphatic carbocycles. The van der Waals surface area contributed by atoms with Crippen molar-refractivity contribution in [2.75, 3.05) is 31.5 Å². The second kappa shape index (κ2) is 17.2. The third-order valence-electron chi connectivity index (χ3n) is 6.33. The predicted molar refractivity (Wildman–Crippen MR) is 169 cm³/mol. The van der Waals surface area contributed by atoms with Crippen LogP contribution < -0.4 is 73.8 Å². The van der Waals surface area contributed by atoms with Crippen molar-refractivity contribution in [3.63, 3.8) is 0 Å². The Morgan fingerprint density at radius 3 is 2.48 bits per heavy atom. The fourth-order valence-corrected chi connectivity index (χ4v) is 27.8. The van der Waals surface area contributed by atoms with Crippen LogP contribution in [-0.2, 0) is 4.79 Å². The number of alkyl halides is 7. The van der Waals surface area contributed by atoms with E-state index in [-0.39, 0.29) is 32.9 Å². The summed E-state index contributed by atoms with van der Waals surface area (Å²) in [6.45, 7) is 3.42. The molecule has 3 aromatic carbocycles. The van der Waals surface area contributed by atoms with Gasteiger partial charge < -0.3 is 0 Å². The number of ketones is 1. The van der Waals surface area contributed by atoms with Crippen LogP contribution in [0.4, 0.5) is 0 Å². The first-order valence-electron chi connectivity index (χ1n) is 13.5. The van der Waals surface area contributed by atoms with Gasteiger partial charge in [-0.15, -0.1) is 0 Å². The van der Waals surface area contributed by atoms with E-state index in [0.29, 0.717) is 64.3 Å². The first kappa shape index (κ1) is 34.4. The molecule has 0 bridgehead atoms. The number of hydrogen-bond donors (Lipinski definition) is 1. The monoisotopic (exact) mass is 1040 g/mol. The number of halogens is 5. The summed E-state index contributed by atoms with van der Waals surface area (Å²) in [6, 6.07) is 20.3. The minimum absolute atomic E-state index is 0.00390. The third-order valence-corrected chi connectivity index (χ3v) is 25.7. The zero-order valence-electron chi connectivity index (χ0n) is 23.9. The van der Waals surface area contributed by atoms with Crippen LogP contribution in [0.1, 0.15) is 41.8 Å². The molecule has 1 heterocycles. The Hall–Kier alpha value is -0.520. The van der Waals surface area contributed by atoms with Crippen LogP contribution in [0.5, 0.6) is 5.75 Å². The standard InChI is InChI=1S/C32H36ClI4N2O3/c1-32(2,42-27-14-10-24(11-15-27)30(40)23-8-12-26(33)13-9-23)31(41)39-38-22-25-6-4-7-28-29(25)36-19-21-37(28)20-18-35-17-5-16-34-3/h4,6-15,22H,5,16-21H2,1-3H3,(H,39,41)/q-3/b38-22+. The molecule has 42 heavy (non-hydrogen) atoms. The summed E-state index contributed by atoms with van der Waals surface area (Å²) in [5.74, 6) is 0.0657. The second-order valence-corrected chi connectivity index (χ2v) is 25.0. The molecule has 0 fully saturated rings. The van der Waals surface area contributed by atoms with E-state index in [1.165, 1.54) is 38.5 Å². The van der Waals surface area contributed by atoms with Crippen LogP contribution in [0.3, 0.4) is 0 Å². The number of nitrogens with one attached hydrogen (secondary N) is 1. The summed E-state index contributed by atoms with van der Waals surface area (Å²) < 4.78 is 18.1. The molecule has 1 amide bonds. The maximum absolute atomic E-state index is 13.0. The Labute approximate surface area is 292 Å². The summed E-state index contributed by atoms with van der Waals surface area (Å²) in [6.07, 6.45) is 3.30. The Balaban J connectivity index is 1.32. The molecule has 10 heteroatoms. The van der Waals surface area contributed by atoms with E-state index in [0.717, 1.165) is 0 Å². The topological polar surface area (TPSA) is 67.8 Å². The Bertz CT molecular complexity index is 1380. The van der Waals surface area contributed by atoms with Crippen molar-refractivity contribution in [1.82, 2.24) is 5.43 Å². The molecular formula is C32H36ClI4N2O3-3. The van der Waals surface area contributed by atoms with Crippen molar-refractivity contribution >= 4 is 49.3 Å². The summed E-state index contributed by atoms with van der Waals surface area (Å²) in [7, 11) is 0. The van der Waals surface area contributed by atoms with Gasteiger partial charge in [0.25, 0.3) is 0 Å². The minimum atomic E-state index is -1.15. The van der Waals surface area contributed by atoms with Crippen molar-refractivity contribution in [3.05, 3.63) is 95.6 Å². The Morgan fingerprint density at radius 2 is 1.76 bits per heavy atom. The molecule has 0 aromatic heterocycles. The molecule has 3 aromatic rings. The number of ether oxygens (including phenoxy) is 1. The molecule has 0 radical (unpaired) electrons. The van der Waals surface area contributed by atoms with E-state index in [9.17, 15) is 9.59 Å². The molecule has 230 valence electrons. The van der Waals surface area contributed by atoms with Gasteiger partial charge in [0.1, 0.15) is 0 Å². The number of carbonyl (C=O) groups excluding carboxylic acids is 2. The second-order valence-electron chi connectivity index (χ2n) is 9.85. The van der Waals surface area contributed by atoms with Gasteiger partial charge in [-0.05, 0) is 24.3 Å². The fraction of sp³-hybridized carbons (Fsp3) is 0.344. The molecule has 5 nitrogen and oxygen atoms in total. The quantitative estimate of drug-likeness (QED) is 0.0470. The molecule has 0 saturated heterocycles. The number of hydrogen-bond acceptors (Lipinski definition) is 4. The number of nitrogens with zero attached hydrogens (tertiary/aromatic N) is 1. The zero-order chi connectivity index (χ0) is 30.0. The first-order valence-corrected chi connectivity index (χ1v) is 27.4. The average molecular weight is 1040 g/mol. The molecule has 0 atom stereocenters. The number of fused-ring (bicyclic) bond motifs is 1. The van der Waals surface area contributed by atoms with E-state index in [1.807, 2.05) is 6.21 Å². The van der Waals surface area contributed by atoms with Crippen molar-refractivity contribution in [2.24, 2.45) is 5.10 Å². The number of amides is 1. The first-order chi connectivity index (χ1) is 20.3. The SMILES string of the molecule is C[I-]CCC[I-]CCI1CC[I-]c2c(/C=N/NC(=O)C(C)(C)Oc3ccc(C(=O)c4ccc(Cl)cc4)cc3)cccc21. The third kappa shape index (κ3) is 9.99. The molecule has 1 aliphatic rings. The van der Waals surface area contributed by atoms with E-state index >= 15 is 0 Å². The van der Waals surface area contributed by atoms with E-state index in [4.69, 9.17) is 16.3 Å². The van der Waals surface area contributed by atoms with Crippen LogP contribution in [-0.4, -0.2) is 55.0 Å². The van der Waals surface area contributed by atoms with Crippen molar-refractivity contribution in [1.29, 1.82) is 0 Å². The Kier molecular flexibility index (Phi) is 14.1. The van der Waals surface area contributed by atoms with Crippen LogP contribution in [0.2, 0.25) is 5.02 Å². The normalized spacial score (nSPS) is 14.4. The fourth-order valence-electron chi connectivity index (χ4n) is 4.07. The molecule has 1 N–H and O–H groups in total. The average Bonchev–Trinajstić information content (AvgIpc) is 2.99. The van der Waals surface area contributed by atoms with Gasteiger partial charge in [0.05, 0.1) is 0 Å². The van der Waals surface area contributed by atoms with Gasteiger partial charge in [-0.25, -0.2) is 0 Å². The van der Waals surface area contributed by atoms with Crippen molar-refractivity contribution in [3.8, 4) is 5.75 Å². The zero-order valence-corrected chi connectivity index (χ0v) is 33.3. The Morgan fingerprint density at radius 1 is 1.05 bits per heavy atom. The molecule has 1 aliphatic heterocycles. The van der Waals surface area contributed by atoms with E-state index in [2.05, 4.69) is 33.7 Å². The van der Waals surface area contributed by atoms with Gasteiger partial charge in [-0.1, -0.05) is 11.6 Å². The van der Waals surface area contributed by atoms with Gasteiger partial charge >= 0.3 is 239 Å². The summed E-state index contributed by atoms with van der Waals surface area (Å²) in [5, 5.41) is 4.93. The molecule has 0 unspecified atom stereocenters. The van der Waals surface area contributed by atoms with Gasteiger partial charge in [0, 0.05) is 10.6 Å². The van der Waals surface area contributed by atoms with Gasteiger partial charge in [-0.3, -0.25) is 4.79 Å². The van der Waals surface area contributed by atoms with Gasteiger partial charge in [0.2, 0.25) is 0 Å². The molecule has 4 rings (SSSR count). The number of benzene rings is 3. The molecule has 0 saturated carbocycles.